The van der Waals surface area contributed by atoms with Gasteiger partial charge in [0.25, 0.3) is 0 Å². The Bertz CT molecular complexity index is 779. The first-order valence-corrected chi connectivity index (χ1v) is 9.27. The Morgan fingerprint density at radius 3 is 1.96 bits per heavy atom. The molecule has 27 heavy (non-hydrogen) atoms. The van der Waals surface area contributed by atoms with Gasteiger partial charge in [-0.3, -0.25) is 0 Å². The highest BCUT2D eigenvalue weighted by Crippen LogP contribution is 2.40. The standard InChI is InChI=1S/C24H34O3/c1-16(12-10-11-13-17(2)22(25)26)19-14-18(23(3,4)5)15-20(21(19)27-9)24(6,7)8/h10-15H,1-9H3,(H,25,26)/b11-10+,16-12-,17-13+. The molecule has 0 heterocycles. The highest BCUT2D eigenvalue weighted by atomic mass is 16.5. The van der Waals surface area contributed by atoms with Gasteiger partial charge in [-0.15, -0.1) is 0 Å². The third kappa shape index (κ3) is 6.13. The van der Waals surface area contributed by atoms with E-state index in [4.69, 9.17) is 9.84 Å². The Labute approximate surface area is 164 Å². The van der Waals surface area contributed by atoms with E-state index < -0.39 is 5.97 Å². The van der Waals surface area contributed by atoms with Gasteiger partial charge in [0, 0.05) is 16.7 Å². The minimum absolute atomic E-state index is 0.0263. The summed E-state index contributed by atoms with van der Waals surface area (Å²) in [5.41, 5.74) is 4.88. The zero-order chi connectivity index (χ0) is 21.0. The summed E-state index contributed by atoms with van der Waals surface area (Å²) in [6.07, 6.45) is 7.19. The maximum absolute atomic E-state index is 10.9. The van der Waals surface area contributed by atoms with Crippen LogP contribution in [0.25, 0.3) is 5.57 Å². The topological polar surface area (TPSA) is 46.5 Å². The molecule has 3 nitrogen and oxygen atoms in total. The summed E-state index contributed by atoms with van der Waals surface area (Å²) in [4.78, 5) is 10.9. The number of hydrogen-bond donors (Lipinski definition) is 1. The van der Waals surface area contributed by atoms with Gasteiger partial charge >= 0.3 is 5.97 Å². The van der Waals surface area contributed by atoms with Crippen LogP contribution in [0, 0.1) is 0 Å². The Balaban J connectivity index is 3.52. The second-order valence-electron chi connectivity index (χ2n) is 8.99. The van der Waals surface area contributed by atoms with Gasteiger partial charge in [-0.25, -0.2) is 4.79 Å². The third-order valence-electron chi connectivity index (χ3n) is 4.53. The minimum Gasteiger partial charge on any atom is -0.496 e. The predicted octanol–water partition coefficient (Wildman–Crippen LogP) is 6.28. The van der Waals surface area contributed by atoms with E-state index in [2.05, 4.69) is 60.6 Å². The summed E-state index contributed by atoms with van der Waals surface area (Å²) in [6.45, 7) is 16.8. The molecule has 0 saturated carbocycles. The van der Waals surface area contributed by atoms with Crippen LogP contribution in [-0.4, -0.2) is 18.2 Å². The normalized spacial score (nSPS) is 14.0. The van der Waals surface area contributed by atoms with Crippen LogP contribution in [0.1, 0.15) is 72.1 Å². The van der Waals surface area contributed by atoms with Crippen molar-refractivity contribution in [1.29, 1.82) is 0 Å². The van der Waals surface area contributed by atoms with Crippen molar-refractivity contribution in [2.45, 2.75) is 66.2 Å². The number of aliphatic carboxylic acids is 1. The lowest BCUT2D eigenvalue weighted by Gasteiger charge is -2.29. The molecule has 1 aromatic rings. The molecule has 0 aliphatic heterocycles. The first kappa shape index (κ1) is 22.8. The number of allylic oxidation sites excluding steroid dienone is 5. The van der Waals surface area contributed by atoms with Crippen LogP contribution in [0.4, 0.5) is 0 Å². The van der Waals surface area contributed by atoms with Crippen LogP contribution in [0.2, 0.25) is 0 Å². The van der Waals surface area contributed by atoms with Crippen molar-refractivity contribution in [1.82, 2.24) is 0 Å². The van der Waals surface area contributed by atoms with Crippen molar-refractivity contribution in [3.8, 4) is 5.75 Å². The van der Waals surface area contributed by atoms with Crippen LogP contribution in [0.15, 0.2) is 42.0 Å². The molecule has 1 N–H and O–H groups in total. The maximum atomic E-state index is 10.9. The number of ether oxygens (including phenoxy) is 1. The minimum atomic E-state index is -0.908. The zero-order valence-electron chi connectivity index (χ0n) is 18.2. The Morgan fingerprint density at radius 1 is 0.963 bits per heavy atom. The molecule has 0 atom stereocenters. The maximum Gasteiger partial charge on any atom is 0.331 e. The highest BCUT2D eigenvalue weighted by molar-refractivity contribution is 5.86. The smallest absolute Gasteiger partial charge is 0.331 e. The molecular weight excluding hydrogens is 336 g/mol. The molecule has 1 aromatic carbocycles. The fraction of sp³-hybridized carbons (Fsp3) is 0.458. The number of methoxy groups -OCH3 is 1. The Hall–Kier alpha value is -2.29. The number of carboxylic acid groups (broad SMARTS) is 1. The van der Waals surface area contributed by atoms with E-state index in [1.807, 2.05) is 12.2 Å². The van der Waals surface area contributed by atoms with E-state index in [0.29, 0.717) is 5.57 Å². The molecule has 3 heteroatoms. The molecule has 0 spiro atoms. The largest absolute Gasteiger partial charge is 0.496 e. The van der Waals surface area contributed by atoms with E-state index >= 15 is 0 Å². The lowest BCUT2D eigenvalue weighted by molar-refractivity contribution is -0.132. The van der Waals surface area contributed by atoms with Gasteiger partial charge in [0.15, 0.2) is 0 Å². The van der Waals surface area contributed by atoms with Crippen molar-refractivity contribution < 1.29 is 14.6 Å². The number of hydrogen-bond acceptors (Lipinski definition) is 2. The number of benzene rings is 1. The Morgan fingerprint density at radius 2 is 1.52 bits per heavy atom. The summed E-state index contributed by atoms with van der Waals surface area (Å²) >= 11 is 0. The molecule has 0 amide bonds. The van der Waals surface area contributed by atoms with E-state index in [1.165, 1.54) is 11.1 Å². The van der Waals surface area contributed by atoms with Crippen molar-refractivity contribution in [3.63, 3.8) is 0 Å². The molecule has 0 fully saturated rings. The lowest BCUT2D eigenvalue weighted by Crippen LogP contribution is -2.18. The average Bonchev–Trinajstić information content (AvgIpc) is 2.55. The second kappa shape index (κ2) is 8.60. The van der Waals surface area contributed by atoms with Gasteiger partial charge in [-0.2, -0.15) is 0 Å². The first-order chi connectivity index (χ1) is 12.3. The lowest BCUT2D eigenvalue weighted by atomic mass is 9.78. The molecule has 148 valence electrons. The summed E-state index contributed by atoms with van der Waals surface area (Å²) in [7, 11) is 1.72. The van der Waals surface area contributed by atoms with E-state index in [1.54, 1.807) is 26.2 Å². The molecule has 0 radical (unpaired) electrons. The molecule has 0 aliphatic carbocycles. The third-order valence-corrected chi connectivity index (χ3v) is 4.53. The van der Waals surface area contributed by atoms with Gasteiger partial charge in [-0.1, -0.05) is 71.9 Å². The fourth-order valence-corrected chi connectivity index (χ4v) is 2.69. The van der Waals surface area contributed by atoms with Gasteiger partial charge < -0.3 is 9.84 Å². The van der Waals surface area contributed by atoms with Crippen molar-refractivity contribution in [3.05, 3.63) is 58.7 Å². The second-order valence-corrected chi connectivity index (χ2v) is 8.99. The fourth-order valence-electron chi connectivity index (χ4n) is 2.69. The van der Waals surface area contributed by atoms with Crippen molar-refractivity contribution in [2.75, 3.05) is 7.11 Å². The molecule has 0 aliphatic rings. The SMILES string of the molecule is COc1c(\C(C)=C/C=C/C=C(\C)C(=O)O)cc(C(C)(C)C)cc1C(C)(C)C. The zero-order valence-corrected chi connectivity index (χ0v) is 18.2. The summed E-state index contributed by atoms with van der Waals surface area (Å²) in [5.74, 6) is -0.00960. The van der Waals surface area contributed by atoms with E-state index in [0.717, 1.165) is 16.9 Å². The van der Waals surface area contributed by atoms with Gasteiger partial charge in [-0.05, 0) is 41.9 Å². The summed E-state index contributed by atoms with van der Waals surface area (Å²) < 4.78 is 5.81. The van der Waals surface area contributed by atoms with Crippen molar-refractivity contribution in [2.24, 2.45) is 0 Å². The summed E-state index contributed by atoms with van der Waals surface area (Å²) in [5, 5.41) is 8.92. The number of carbonyl (C=O) groups is 1. The van der Waals surface area contributed by atoms with Gasteiger partial charge in [0.1, 0.15) is 5.75 Å². The van der Waals surface area contributed by atoms with E-state index in [-0.39, 0.29) is 10.8 Å². The quantitative estimate of drug-likeness (QED) is 0.490. The molecule has 0 saturated heterocycles. The average molecular weight is 371 g/mol. The van der Waals surface area contributed by atoms with Crippen LogP contribution >= 0.6 is 0 Å². The van der Waals surface area contributed by atoms with Gasteiger partial charge in [0.05, 0.1) is 7.11 Å². The summed E-state index contributed by atoms with van der Waals surface area (Å²) in [6, 6.07) is 4.45. The molecule has 0 aromatic heterocycles. The molecule has 1 rings (SSSR count). The molecule has 0 unspecified atom stereocenters. The number of carboxylic acids is 1. The number of rotatable bonds is 5. The van der Waals surface area contributed by atoms with E-state index in [9.17, 15) is 4.79 Å². The predicted molar refractivity (Wildman–Crippen MR) is 115 cm³/mol. The monoisotopic (exact) mass is 370 g/mol. The Kier molecular flexibility index (Phi) is 7.25. The van der Waals surface area contributed by atoms with Crippen LogP contribution in [0.5, 0.6) is 5.75 Å². The van der Waals surface area contributed by atoms with Gasteiger partial charge in [0.2, 0.25) is 0 Å². The molecular formula is C24H34O3. The van der Waals surface area contributed by atoms with Crippen LogP contribution in [-0.2, 0) is 15.6 Å². The van der Waals surface area contributed by atoms with Crippen molar-refractivity contribution >= 4 is 11.5 Å². The molecule has 0 bridgehead atoms. The first-order valence-electron chi connectivity index (χ1n) is 9.27. The van der Waals surface area contributed by atoms with Crippen LogP contribution < -0.4 is 4.74 Å². The highest BCUT2D eigenvalue weighted by Gasteiger charge is 2.26. The van der Waals surface area contributed by atoms with Crippen LogP contribution in [0.3, 0.4) is 0 Å².